The molecule has 0 aliphatic rings. The van der Waals surface area contributed by atoms with Gasteiger partial charge in [-0.1, -0.05) is 6.07 Å². The molecule has 1 unspecified atom stereocenters. The maximum absolute atomic E-state index is 8.61. The number of anilines is 1. The van der Waals surface area contributed by atoms with Gasteiger partial charge in [-0.3, -0.25) is 0 Å². The van der Waals surface area contributed by atoms with Gasteiger partial charge in [0.15, 0.2) is 0 Å². The molecule has 0 aromatic heterocycles. The van der Waals surface area contributed by atoms with Crippen molar-refractivity contribution < 1.29 is 4.74 Å². The monoisotopic (exact) mass is 176 g/mol. The number of nitrogen functional groups attached to an aromatic ring is 1. The second kappa shape index (κ2) is 3.92. The number of rotatable bonds is 2. The average Bonchev–Trinajstić information content (AvgIpc) is 2.16. The van der Waals surface area contributed by atoms with Crippen LogP contribution < -0.4 is 5.73 Å². The van der Waals surface area contributed by atoms with Crippen LogP contribution in [0, 0.1) is 11.3 Å². The fourth-order valence-electron chi connectivity index (χ4n) is 1.14. The molecule has 0 aliphatic heterocycles. The highest BCUT2D eigenvalue weighted by Crippen LogP contribution is 2.23. The van der Waals surface area contributed by atoms with Crippen molar-refractivity contribution in [3.8, 4) is 6.07 Å². The fraction of sp³-hybridized carbons (Fsp3) is 0.300. The molecule has 0 fully saturated rings. The maximum atomic E-state index is 8.61. The van der Waals surface area contributed by atoms with Crippen LogP contribution in [-0.2, 0) is 4.74 Å². The van der Waals surface area contributed by atoms with Gasteiger partial charge in [0.25, 0.3) is 0 Å². The average molecular weight is 176 g/mol. The van der Waals surface area contributed by atoms with E-state index in [1.165, 1.54) is 0 Å². The molecule has 3 nitrogen and oxygen atoms in total. The van der Waals surface area contributed by atoms with Crippen LogP contribution in [0.2, 0.25) is 0 Å². The first-order chi connectivity index (χ1) is 6.19. The molecule has 0 radical (unpaired) electrons. The lowest BCUT2D eigenvalue weighted by Crippen LogP contribution is -2.01. The summed E-state index contributed by atoms with van der Waals surface area (Å²) in [5.74, 6) is 0. The number of hydrogen-bond acceptors (Lipinski definition) is 3. The first-order valence-electron chi connectivity index (χ1n) is 4.01. The van der Waals surface area contributed by atoms with Crippen molar-refractivity contribution in [2.75, 3.05) is 12.8 Å². The van der Waals surface area contributed by atoms with Gasteiger partial charge >= 0.3 is 0 Å². The molecule has 1 rings (SSSR count). The van der Waals surface area contributed by atoms with Gasteiger partial charge in [0.1, 0.15) is 0 Å². The Balaban J connectivity index is 3.07. The first kappa shape index (κ1) is 9.56. The van der Waals surface area contributed by atoms with E-state index in [2.05, 4.69) is 0 Å². The van der Waals surface area contributed by atoms with Crippen LogP contribution in [0.15, 0.2) is 18.2 Å². The highest BCUT2D eigenvalue weighted by atomic mass is 16.5. The molecule has 1 atom stereocenters. The molecular formula is C10H12N2O. The Bertz CT molecular complexity index is 341. The minimum atomic E-state index is -0.0345. The second-order valence-corrected chi connectivity index (χ2v) is 2.83. The summed E-state index contributed by atoms with van der Waals surface area (Å²) in [7, 11) is 1.63. The fourth-order valence-corrected chi connectivity index (χ4v) is 1.14. The molecule has 13 heavy (non-hydrogen) atoms. The third-order valence-corrected chi connectivity index (χ3v) is 2.01. The molecule has 0 heterocycles. The zero-order chi connectivity index (χ0) is 9.84. The second-order valence-electron chi connectivity index (χ2n) is 2.83. The van der Waals surface area contributed by atoms with E-state index in [0.29, 0.717) is 11.3 Å². The molecule has 0 bridgehead atoms. The van der Waals surface area contributed by atoms with Crippen LogP contribution in [0.3, 0.4) is 0 Å². The van der Waals surface area contributed by atoms with E-state index in [1.807, 2.05) is 19.1 Å². The molecule has 3 heteroatoms. The molecule has 0 aliphatic carbocycles. The van der Waals surface area contributed by atoms with Crippen LogP contribution in [0.4, 0.5) is 5.69 Å². The van der Waals surface area contributed by atoms with Crippen molar-refractivity contribution in [2.24, 2.45) is 0 Å². The summed E-state index contributed by atoms with van der Waals surface area (Å²) in [6.07, 6.45) is -0.0345. The van der Waals surface area contributed by atoms with Crippen molar-refractivity contribution in [3.63, 3.8) is 0 Å². The van der Waals surface area contributed by atoms with Gasteiger partial charge in [-0.05, 0) is 19.1 Å². The lowest BCUT2D eigenvalue weighted by molar-refractivity contribution is 0.120. The molecule has 68 valence electrons. The molecule has 2 N–H and O–H groups in total. The van der Waals surface area contributed by atoms with Gasteiger partial charge in [-0.15, -0.1) is 0 Å². The minimum Gasteiger partial charge on any atom is -0.398 e. The largest absolute Gasteiger partial charge is 0.398 e. The van der Waals surface area contributed by atoms with E-state index in [-0.39, 0.29) is 6.10 Å². The molecule has 0 spiro atoms. The minimum absolute atomic E-state index is 0.0345. The summed E-state index contributed by atoms with van der Waals surface area (Å²) >= 11 is 0. The quantitative estimate of drug-likeness (QED) is 0.699. The van der Waals surface area contributed by atoms with E-state index in [1.54, 1.807) is 19.2 Å². The van der Waals surface area contributed by atoms with Gasteiger partial charge in [-0.2, -0.15) is 5.26 Å². The summed E-state index contributed by atoms with van der Waals surface area (Å²) in [5, 5.41) is 8.61. The first-order valence-corrected chi connectivity index (χ1v) is 4.01. The predicted molar refractivity (Wildman–Crippen MR) is 51.0 cm³/mol. The third-order valence-electron chi connectivity index (χ3n) is 2.01. The number of nitriles is 1. The van der Waals surface area contributed by atoms with E-state index in [4.69, 9.17) is 15.7 Å². The highest BCUT2D eigenvalue weighted by Gasteiger charge is 2.07. The van der Waals surface area contributed by atoms with Gasteiger partial charge in [0.05, 0.1) is 17.7 Å². The highest BCUT2D eigenvalue weighted by molar-refractivity contribution is 5.52. The SMILES string of the molecule is COC(C)c1ccc(C#N)cc1N. The molecule has 0 amide bonds. The zero-order valence-corrected chi connectivity index (χ0v) is 7.74. The molecule has 1 aromatic carbocycles. The molecule has 0 saturated heterocycles. The summed E-state index contributed by atoms with van der Waals surface area (Å²) in [6, 6.07) is 7.25. The molecule has 0 saturated carbocycles. The van der Waals surface area contributed by atoms with E-state index < -0.39 is 0 Å². The number of ether oxygens (including phenoxy) is 1. The smallest absolute Gasteiger partial charge is 0.0992 e. The lowest BCUT2D eigenvalue weighted by atomic mass is 10.1. The molecule has 1 aromatic rings. The Kier molecular flexibility index (Phi) is 2.88. The van der Waals surface area contributed by atoms with Gasteiger partial charge < -0.3 is 10.5 Å². The van der Waals surface area contributed by atoms with Crippen LogP contribution in [0.5, 0.6) is 0 Å². The number of methoxy groups -OCH3 is 1. The summed E-state index contributed by atoms with van der Waals surface area (Å²) in [6.45, 7) is 1.91. The lowest BCUT2D eigenvalue weighted by Gasteiger charge is -2.12. The van der Waals surface area contributed by atoms with E-state index in [9.17, 15) is 0 Å². The van der Waals surface area contributed by atoms with Crippen LogP contribution in [-0.4, -0.2) is 7.11 Å². The zero-order valence-electron chi connectivity index (χ0n) is 7.74. The van der Waals surface area contributed by atoms with Crippen molar-refractivity contribution >= 4 is 5.69 Å². The standard InChI is InChI=1S/C10H12N2O/c1-7(13-2)9-4-3-8(6-11)5-10(9)12/h3-5,7H,12H2,1-2H3. The number of nitrogens with two attached hydrogens (primary N) is 1. The summed E-state index contributed by atoms with van der Waals surface area (Å²) in [4.78, 5) is 0. The van der Waals surface area contributed by atoms with Crippen molar-refractivity contribution in [2.45, 2.75) is 13.0 Å². The van der Waals surface area contributed by atoms with Crippen molar-refractivity contribution in [3.05, 3.63) is 29.3 Å². The Morgan fingerprint density at radius 2 is 2.23 bits per heavy atom. The van der Waals surface area contributed by atoms with E-state index >= 15 is 0 Å². The number of nitrogens with zero attached hydrogens (tertiary/aromatic N) is 1. The van der Waals surface area contributed by atoms with Crippen molar-refractivity contribution in [1.29, 1.82) is 5.26 Å². The Hall–Kier alpha value is -1.53. The number of benzene rings is 1. The van der Waals surface area contributed by atoms with Crippen molar-refractivity contribution in [1.82, 2.24) is 0 Å². The Labute approximate surface area is 77.7 Å². The normalized spacial score (nSPS) is 12.1. The Morgan fingerprint density at radius 3 is 2.69 bits per heavy atom. The topological polar surface area (TPSA) is 59.0 Å². The van der Waals surface area contributed by atoms with Crippen LogP contribution >= 0.6 is 0 Å². The maximum Gasteiger partial charge on any atom is 0.0992 e. The van der Waals surface area contributed by atoms with Gasteiger partial charge in [0.2, 0.25) is 0 Å². The third kappa shape index (κ3) is 1.98. The van der Waals surface area contributed by atoms with Crippen LogP contribution in [0.1, 0.15) is 24.2 Å². The summed E-state index contributed by atoms with van der Waals surface area (Å²) in [5.41, 5.74) is 7.84. The van der Waals surface area contributed by atoms with Gasteiger partial charge in [0, 0.05) is 18.4 Å². The number of hydrogen-bond donors (Lipinski definition) is 1. The van der Waals surface area contributed by atoms with Crippen LogP contribution in [0.25, 0.3) is 0 Å². The summed E-state index contributed by atoms with van der Waals surface area (Å²) < 4.78 is 5.13. The van der Waals surface area contributed by atoms with E-state index in [0.717, 1.165) is 5.56 Å². The molecular weight excluding hydrogens is 164 g/mol. The van der Waals surface area contributed by atoms with Gasteiger partial charge in [-0.25, -0.2) is 0 Å². The Morgan fingerprint density at radius 1 is 1.54 bits per heavy atom. The predicted octanol–water partition coefficient (Wildman–Crippen LogP) is 1.85.